The van der Waals surface area contributed by atoms with Crippen molar-refractivity contribution in [3.63, 3.8) is 0 Å². The summed E-state index contributed by atoms with van der Waals surface area (Å²) in [6.07, 6.45) is 7.10. The Morgan fingerprint density at radius 2 is 1.38 bits per heavy atom. The van der Waals surface area contributed by atoms with Crippen LogP contribution in [-0.2, 0) is 0 Å². The van der Waals surface area contributed by atoms with Crippen molar-refractivity contribution in [2.24, 2.45) is 0 Å². The molecule has 1 saturated carbocycles. The number of rotatable bonds is 5. The van der Waals surface area contributed by atoms with Crippen LogP contribution in [0.3, 0.4) is 0 Å². The second-order valence-corrected chi connectivity index (χ2v) is 5.30. The summed E-state index contributed by atoms with van der Waals surface area (Å²) in [5.41, 5.74) is 0. The molecule has 2 unspecified atom stereocenters. The zero-order valence-electron chi connectivity index (χ0n) is 10.7. The molecule has 1 rings (SSSR count). The van der Waals surface area contributed by atoms with Crippen LogP contribution in [0.5, 0.6) is 0 Å². The zero-order chi connectivity index (χ0) is 12.0. The molecule has 0 bridgehead atoms. The van der Waals surface area contributed by atoms with Crippen LogP contribution in [0.4, 0.5) is 0 Å². The van der Waals surface area contributed by atoms with Gasteiger partial charge in [0.1, 0.15) is 0 Å². The fraction of sp³-hybridized carbons (Fsp3) is 1.00. The number of nitrogens with zero attached hydrogens (tertiary/aromatic N) is 1. The van der Waals surface area contributed by atoms with Gasteiger partial charge in [-0.3, -0.25) is 4.90 Å². The van der Waals surface area contributed by atoms with Crippen molar-refractivity contribution < 1.29 is 10.2 Å². The Kier molecular flexibility index (Phi) is 6.32. The Morgan fingerprint density at radius 3 is 1.75 bits per heavy atom. The molecular weight excluding hydrogens is 202 g/mol. The highest BCUT2D eigenvalue weighted by molar-refractivity contribution is 4.77. The lowest BCUT2D eigenvalue weighted by Crippen LogP contribution is -2.43. The summed E-state index contributed by atoms with van der Waals surface area (Å²) in [5, 5.41) is 19.0. The maximum absolute atomic E-state index is 9.51. The van der Waals surface area contributed by atoms with Gasteiger partial charge in [0.2, 0.25) is 0 Å². The molecule has 0 saturated heterocycles. The van der Waals surface area contributed by atoms with Crippen LogP contribution in [0, 0.1) is 0 Å². The molecule has 0 aromatic rings. The van der Waals surface area contributed by atoms with E-state index in [1.165, 1.54) is 38.5 Å². The molecule has 0 spiro atoms. The standard InChI is InChI=1S/C13H27NO2/c1-11(15)9-14(10-12(2)16)13-7-5-3-4-6-8-13/h11-13,15-16H,3-10H2,1-2H3. The van der Waals surface area contributed by atoms with Crippen LogP contribution in [0.1, 0.15) is 52.4 Å². The van der Waals surface area contributed by atoms with Gasteiger partial charge in [-0.1, -0.05) is 25.7 Å². The third-order valence-corrected chi connectivity index (χ3v) is 3.34. The monoisotopic (exact) mass is 229 g/mol. The number of aliphatic hydroxyl groups is 2. The van der Waals surface area contributed by atoms with E-state index in [4.69, 9.17) is 0 Å². The predicted molar refractivity (Wildman–Crippen MR) is 66.4 cm³/mol. The van der Waals surface area contributed by atoms with Crippen LogP contribution in [-0.4, -0.2) is 46.5 Å². The van der Waals surface area contributed by atoms with E-state index in [-0.39, 0.29) is 12.2 Å². The lowest BCUT2D eigenvalue weighted by atomic mass is 10.1. The van der Waals surface area contributed by atoms with Crippen LogP contribution in [0.25, 0.3) is 0 Å². The molecule has 1 aliphatic rings. The van der Waals surface area contributed by atoms with E-state index >= 15 is 0 Å². The van der Waals surface area contributed by atoms with E-state index in [1.54, 1.807) is 0 Å². The van der Waals surface area contributed by atoms with Crippen molar-refractivity contribution in [2.75, 3.05) is 13.1 Å². The molecule has 0 amide bonds. The first-order valence-corrected chi connectivity index (χ1v) is 6.69. The Hall–Kier alpha value is -0.120. The molecule has 96 valence electrons. The van der Waals surface area contributed by atoms with E-state index in [9.17, 15) is 10.2 Å². The summed E-state index contributed by atoms with van der Waals surface area (Å²) in [5.74, 6) is 0. The second kappa shape index (κ2) is 7.25. The molecule has 0 aromatic heterocycles. The quantitative estimate of drug-likeness (QED) is 0.706. The molecule has 3 heteroatoms. The fourth-order valence-electron chi connectivity index (χ4n) is 2.67. The van der Waals surface area contributed by atoms with Crippen molar-refractivity contribution in [2.45, 2.75) is 70.6 Å². The summed E-state index contributed by atoms with van der Waals surface area (Å²) < 4.78 is 0. The Bertz CT molecular complexity index is 165. The minimum absolute atomic E-state index is 0.304. The summed E-state index contributed by atoms with van der Waals surface area (Å²) in [4.78, 5) is 2.28. The van der Waals surface area contributed by atoms with Crippen molar-refractivity contribution in [3.8, 4) is 0 Å². The summed E-state index contributed by atoms with van der Waals surface area (Å²) in [7, 11) is 0. The molecule has 0 aliphatic heterocycles. The van der Waals surface area contributed by atoms with Crippen LogP contribution >= 0.6 is 0 Å². The van der Waals surface area contributed by atoms with Gasteiger partial charge in [-0.05, 0) is 26.7 Å². The molecule has 1 aliphatic carbocycles. The summed E-state index contributed by atoms with van der Waals surface area (Å²) in [6.45, 7) is 5.03. The van der Waals surface area contributed by atoms with Gasteiger partial charge in [-0.2, -0.15) is 0 Å². The van der Waals surface area contributed by atoms with E-state index in [0.717, 1.165) is 0 Å². The third kappa shape index (κ3) is 5.28. The minimum Gasteiger partial charge on any atom is -0.392 e. The minimum atomic E-state index is -0.304. The van der Waals surface area contributed by atoms with Gasteiger partial charge in [-0.25, -0.2) is 0 Å². The normalized spacial score (nSPS) is 23.1. The second-order valence-electron chi connectivity index (χ2n) is 5.30. The lowest BCUT2D eigenvalue weighted by Gasteiger charge is -2.33. The topological polar surface area (TPSA) is 43.7 Å². The van der Waals surface area contributed by atoms with Gasteiger partial charge in [0, 0.05) is 19.1 Å². The van der Waals surface area contributed by atoms with Gasteiger partial charge >= 0.3 is 0 Å². The fourth-order valence-corrected chi connectivity index (χ4v) is 2.67. The van der Waals surface area contributed by atoms with Gasteiger partial charge in [0.15, 0.2) is 0 Å². The first kappa shape index (κ1) is 13.9. The Balaban J connectivity index is 2.50. The van der Waals surface area contributed by atoms with Crippen molar-refractivity contribution in [3.05, 3.63) is 0 Å². The Morgan fingerprint density at radius 1 is 0.938 bits per heavy atom. The number of aliphatic hydroxyl groups excluding tert-OH is 2. The van der Waals surface area contributed by atoms with E-state index in [1.807, 2.05) is 13.8 Å². The highest BCUT2D eigenvalue weighted by Crippen LogP contribution is 2.22. The smallest absolute Gasteiger partial charge is 0.0639 e. The van der Waals surface area contributed by atoms with Crippen LogP contribution < -0.4 is 0 Å². The van der Waals surface area contributed by atoms with Gasteiger partial charge < -0.3 is 10.2 Å². The van der Waals surface area contributed by atoms with Gasteiger partial charge in [-0.15, -0.1) is 0 Å². The molecule has 0 heterocycles. The van der Waals surface area contributed by atoms with Crippen molar-refractivity contribution in [1.29, 1.82) is 0 Å². The molecule has 16 heavy (non-hydrogen) atoms. The zero-order valence-corrected chi connectivity index (χ0v) is 10.7. The highest BCUT2D eigenvalue weighted by Gasteiger charge is 2.22. The van der Waals surface area contributed by atoms with E-state index < -0.39 is 0 Å². The van der Waals surface area contributed by atoms with E-state index in [2.05, 4.69) is 4.90 Å². The van der Waals surface area contributed by atoms with Crippen molar-refractivity contribution >= 4 is 0 Å². The average Bonchev–Trinajstić information content (AvgIpc) is 2.42. The van der Waals surface area contributed by atoms with E-state index in [0.29, 0.717) is 19.1 Å². The summed E-state index contributed by atoms with van der Waals surface area (Å²) >= 11 is 0. The maximum Gasteiger partial charge on any atom is 0.0639 e. The molecule has 0 aromatic carbocycles. The van der Waals surface area contributed by atoms with Gasteiger partial charge in [0.25, 0.3) is 0 Å². The summed E-state index contributed by atoms with van der Waals surface area (Å²) in [6, 6.07) is 0.562. The first-order valence-electron chi connectivity index (χ1n) is 6.69. The molecule has 1 fully saturated rings. The predicted octanol–water partition coefficient (Wildman–Crippen LogP) is 1.77. The number of hydrogen-bond acceptors (Lipinski definition) is 3. The van der Waals surface area contributed by atoms with Crippen LogP contribution in [0.15, 0.2) is 0 Å². The third-order valence-electron chi connectivity index (χ3n) is 3.34. The maximum atomic E-state index is 9.51. The average molecular weight is 229 g/mol. The number of hydrogen-bond donors (Lipinski definition) is 2. The Labute approximate surface area is 99.5 Å². The molecule has 2 N–H and O–H groups in total. The lowest BCUT2D eigenvalue weighted by molar-refractivity contribution is 0.0523. The van der Waals surface area contributed by atoms with Gasteiger partial charge in [0.05, 0.1) is 12.2 Å². The SMILES string of the molecule is CC(O)CN(CC(C)O)C1CCCCCC1. The first-order chi connectivity index (χ1) is 7.59. The molecule has 0 radical (unpaired) electrons. The van der Waals surface area contributed by atoms with Crippen molar-refractivity contribution in [1.82, 2.24) is 4.90 Å². The largest absolute Gasteiger partial charge is 0.392 e. The highest BCUT2D eigenvalue weighted by atomic mass is 16.3. The van der Waals surface area contributed by atoms with Crippen LogP contribution in [0.2, 0.25) is 0 Å². The molecule has 2 atom stereocenters. The molecular formula is C13H27NO2. The molecule has 3 nitrogen and oxygen atoms in total.